The summed E-state index contributed by atoms with van der Waals surface area (Å²) in [6, 6.07) is 22.9. The summed E-state index contributed by atoms with van der Waals surface area (Å²) < 4.78 is 0. The Bertz CT molecular complexity index is 1550. The van der Waals surface area contributed by atoms with E-state index in [1.165, 1.54) is 0 Å². The predicted octanol–water partition coefficient (Wildman–Crippen LogP) is 5.27. The molecule has 0 spiro atoms. The Morgan fingerprint density at radius 3 is 2.19 bits per heavy atom. The van der Waals surface area contributed by atoms with Gasteiger partial charge in [0.1, 0.15) is 6.54 Å². The topological polar surface area (TPSA) is 87.6 Å². The summed E-state index contributed by atoms with van der Waals surface area (Å²) in [5, 5.41) is 21.7. The third kappa shape index (κ3) is 8.13. The van der Waals surface area contributed by atoms with Crippen molar-refractivity contribution in [3.05, 3.63) is 106 Å². The van der Waals surface area contributed by atoms with Crippen molar-refractivity contribution in [2.24, 2.45) is 0 Å². The lowest BCUT2D eigenvalue weighted by atomic mass is 9.84. The molecule has 0 saturated carbocycles. The van der Waals surface area contributed by atoms with Gasteiger partial charge in [-0.15, -0.1) is 0 Å². The van der Waals surface area contributed by atoms with Gasteiger partial charge >= 0.3 is 0 Å². The van der Waals surface area contributed by atoms with E-state index < -0.39 is 5.60 Å². The number of amides is 2. The molecular formula is C38H47ClN4O4. The molecule has 2 N–H and O–H groups in total. The number of carbonyl (C=O) groups is 2. The molecule has 5 rings (SSSR count). The Morgan fingerprint density at radius 1 is 0.894 bits per heavy atom. The van der Waals surface area contributed by atoms with Gasteiger partial charge in [-0.3, -0.25) is 14.5 Å². The number of benzene rings is 3. The van der Waals surface area contributed by atoms with Gasteiger partial charge in [-0.1, -0.05) is 80.1 Å². The van der Waals surface area contributed by atoms with Crippen LogP contribution in [0, 0.1) is 0 Å². The quantitative estimate of drug-likeness (QED) is 0.260. The number of nitrogens with zero attached hydrogens (tertiary/aromatic N) is 4. The van der Waals surface area contributed by atoms with E-state index in [-0.39, 0.29) is 31.5 Å². The van der Waals surface area contributed by atoms with Gasteiger partial charge in [0.2, 0.25) is 5.91 Å². The fourth-order valence-electron chi connectivity index (χ4n) is 6.72. The monoisotopic (exact) mass is 658 g/mol. The number of para-hydroxylation sites is 1. The number of halogens is 1. The van der Waals surface area contributed by atoms with Crippen molar-refractivity contribution in [2.45, 2.75) is 38.7 Å². The molecule has 2 aliphatic rings. The minimum absolute atomic E-state index is 0.111. The molecular weight excluding hydrogens is 612 g/mol. The van der Waals surface area contributed by atoms with Gasteiger partial charge in [0.25, 0.3) is 5.91 Å². The number of aliphatic hydroxyl groups excluding tert-OH is 1. The van der Waals surface area contributed by atoms with E-state index in [4.69, 9.17) is 11.6 Å². The Kier molecular flexibility index (Phi) is 11.9. The third-order valence-corrected chi connectivity index (χ3v) is 9.88. The van der Waals surface area contributed by atoms with Gasteiger partial charge < -0.3 is 24.9 Å². The van der Waals surface area contributed by atoms with Crippen molar-refractivity contribution in [3.63, 3.8) is 0 Å². The van der Waals surface area contributed by atoms with Gasteiger partial charge in [0.15, 0.2) is 0 Å². The number of hydrogen-bond acceptors (Lipinski definition) is 6. The SMILES string of the molecule is CCN(CC)CCN(CCO)C(=O)CN1C(=O)c2ccccc2/C(=C\CCN2CCC(O)(c3ccc(Cl)cc3)CC2)c2ccccc21. The highest BCUT2D eigenvalue weighted by atomic mass is 35.5. The van der Waals surface area contributed by atoms with E-state index in [9.17, 15) is 19.8 Å². The molecule has 1 saturated heterocycles. The van der Waals surface area contributed by atoms with Crippen LogP contribution in [0.25, 0.3) is 5.57 Å². The smallest absolute Gasteiger partial charge is 0.259 e. The normalized spacial score (nSPS) is 17.0. The van der Waals surface area contributed by atoms with E-state index in [1.54, 1.807) is 9.80 Å². The standard InChI is InChI=1S/C38H47ClN4O4/c1-3-40(4-2)24-25-42(26-27-44)36(45)28-43-35-14-8-7-11-33(35)31(32-10-5-6-12-34(32)37(43)46)13-9-21-41-22-19-38(47,20-23-41)29-15-17-30(39)18-16-29/h5-8,10-18,44,47H,3-4,9,19-28H2,1-2H3/b31-13+. The third-order valence-electron chi connectivity index (χ3n) is 9.63. The highest BCUT2D eigenvalue weighted by Gasteiger charge is 2.34. The van der Waals surface area contributed by atoms with Crippen molar-refractivity contribution in [3.8, 4) is 0 Å². The summed E-state index contributed by atoms with van der Waals surface area (Å²) in [6.45, 7) is 9.49. The average molecular weight is 659 g/mol. The van der Waals surface area contributed by atoms with Crippen LogP contribution in [0.3, 0.4) is 0 Å². The lowest BCUT2D eigenvalue weighted by Gasteiger charge is -2.38. The fraction of sp³-hybridized carbons (Fsp3) is 0.421. The zero-order chi connectivity index (χ0) is 33.4. The van der Waals surface area contributed by atoms with Crippen LogP contribution in [-0.2, 0) is 10.4 Å². The van der Waals surface area contributed by atoms with Gasteiger partial charge in [-0.05, 0) is 73.3 Å². The van der Waals surface area contributed by atoms with E-state index >= 15 is 0 Å². The zero-order valence-electron chi connectivity index (χ0n) is 27.6. The average Bonchev–Trinajstić information content (AvgIpc) is 3.18. The fourth-order valence-corrected chi connectivity index (χ4v) is 6.85. The Labute approximate surface area is 283 Å². The molecule has 3 aromatic rings. The molecule has 2 aliphatic heterocycles. The maximum absolute atomic E-state index is 14.2. The highest BCUT2D eigenvalue weighted by Crippen LogP contribution is 2.39. The minimum atomic E-state index is -0.849. The van der Waals surface area contributed by atoms with Crippen molar-refractivity contribution in [1.29, 1.82) is 0 Å². The maximum Gasteiger partial charge on any atom is 0.259 e. The van der Waals surface area contributed by atoms with E-state index in [1.807, 2.05) is 72.8 Å². The molecule has 2 amide bonds. The summed E-state index contributed by atoms with van der Waals surface area (Å²) in [6.07, 6.45) is 4.27. The number of hydrogen-bond donors (Lipinski definition) is 2. The molecule has 0 radical (unpaired) electrons. The molecule has 0 aromatic heterocycles. The van der Waals surface area contributed by atoms with Gasteiger partial charge in [0, 0.05) is 55.4 Å². The maximum atomic E-state index is 14.2. The summed E-state index contributed by atoms with van der Waals surface area (Å²) in [4.78, 5) is 35.7. The van der Waals surface area contributed by atoms with Crippen LogP contribution in [0.5, 0.6) is 0 Å². The summed E-state index contributed by atoms with van der Waals surface area (Å²) in [7, 11) is 0. The van der Waals surface area contributed by atoms with Crippen LogP contribution in [-0.4, -0.2) is 102 Å². The Morgan fingerprint density at radius 2 is 1.53 bits per heavy atom. The first-order valence-electron chi connectivity index (χ1n) is 16.8. The number of fused-ring (bicyclic) bond motifs is 2. The number of aliphatic hydroxyl groups is 2. The van der Waals surface area contributed by atoms with E-state index in [0.717, 1.165) is 61.4 Å². The first-order chi connectivity index (χ1) is 22.8. The Balaban J connectivity index is 1.35. The first kappa shape index (κ1) is 34.8. The highest BCUT2D eigenvalue weighted by molar-refractivity contribution is 6.30. The van der Waals surface area contributed by atoms with Crippen molar-refractivity contribution < 1.29 is 19.8 Å². The molecule has 250 valence electrons. The second kappa shape index (κ2) is 16.0. The van der Waals surface area contributed by atoms with E-state index in [0.29, 0.717) is 42.2 Å². The van der Waals surface area contributed by atoms with E-state index in [2.05, 4.69) is 29.7 Å². The van der Waals surface area contributed by atoms with Gasteiger partial charge in [-0.25, -0.2) is 0 Å². The number of carbonyl (C=O) groups excluding carboxylic acids is 2. The molecule has 9 heteroatoms. The zero-order valence-corrected chi connectivity index (χ0v) is 28.3. The molecule has 0 unspecified atom stereocenters. The molecule has 0 atom stereocenters. The Hall–Kier alpha value is -3.53. The van der Waals surface area contributed by atoms with Crippen molar-refractivity contribution in [1.82, 2.24) is 14.7 Å². The number of likely N-dealkylation sites (N-methyl/N-ethyl adjacent to an activating group) is 1. The largest absolute Gasteiger partial charge is 0.395 e. The predicted molar refractivity (Wildman–Crippen MR) is 189 cm³/mol. The molecule has 47 heavy (non-hydrogen) atoms. The second-order valence-electron chi connectivity index (χ2n) is 12.4. The molecule has 0 bridgehead atoms. The molecule has 3 aromatic carbocycles. The number of likely N-dealkylation sites (tertiary alicyclic amines) is 1. The van der Waals surface area contributed by atoms with Crippen LogP contribution in [0.2, 0.25) is 5.02 Å². The van der Waals surface area contributed by atoms with Gasteiger partial charge in [-0.2, -0.15) is 0 Å². The van der Waals surface area contributed by atoms with Crippen LogP contribution in [0.1, 0.15) is 60.2 Å². The number of anilines is 1. The van der Waals surface area contributed by atoms with Crippen LogP contribution >= 0.6 is 11.6 Å². The summed E-state index contributed by atoms with van der Waals surface area (Å²) >= 11 is 6.06. The lowest BCUT2D eigenvalue weighted by molar-refractivity contribution is -0.130. The molecule has 1 fully saturated rings. The lowest BCUT2D eigenvalue weighted by Crippen LogP contribution is -2.46. The van der Waals surface area contributed by atoms with Crippen LogP contribution in [0.4, 0.5) is 5.69 Å². The second-order valence-corrected chi connectivity index (χ2v) is 12.8. The summed E-state index contributed by atoms with van der Waals surface area (Å²) in [5.41, 5.74) is 4.06. The van der Waals surface area contributed by atoms with Crippen LogP contribution in [0.15, 0.2) is 78.9 Å². The number of rotatable bonds is 13. The van der Waals surface area contributed by atoms with Gasteiger partial charge in [0.05, 0.1) is 17.9 Å². The molecule has 8 nitrogen and oxygen atoms in total. The molecule has 2 heterocycles. The number of piperidine rings is 1. The van der Waals surface area contributed by atoms with Crippen molar-refractivity contribution >= 4 is 34.7 Å². The minimum Gasteiger partial charge on any atom is -0.395 e. The van der Waals surface area contributed by atoms with Crippen molar-refractivity contribution in [2.75, 3.05) is 70.4 Å². The van der Waals surface area contributed by atoms with Crippen LogP contribution < -0.4 is 4.90 Å². The molecule has 0 aliphatic carbocycles. The summed E-state index contributed by atoms with van der Waals surface area (Å²) in [5.74, 6) is -0.405. The first-order valence-corrected chi connectivity index (χ1v) is 17.2.